The van der Waals surface area contributed by atoms with Gasteiger partial charge in [0.05, 0.1) is 10.9 Å². The molecular formula is C25H34N2O3S. The van der Waals surface area contributed by atoms with E-state index in [1.165, 1.54) is 23.6 Å². The van der Waals surface area contributed by atoms with Crippen LogP contribution in [0.4, 0.5) is 0 Å². The molecule has 31 heavy (non-hydrogen) atoms. The number of aryl methyl sites for hydroxylation is 1. The van der Waals surface area contributed by atoms with Crippen LogP contribution in [-0.4, -0.2) is 31.7 Å². The topological polar surface area (TPSA) is 66.5 Å². The number of sulfonamides is 1. The number of nitrogens with zero attached hydrogens (tertiary/aromatic N) is 1. The van der Waals surface area contributed by atoms with E-state index in [0.29, 0.717) is 19.5 Å². The fraction of sp³-hybridized carbons (Fsp3) is 0.480. The Labute approximate surface area is 186 Å². The van der Waals surface area contributed by atoms with Gasteiger partial charge in [0.1, 0.15) is 0 Å². The Morgan fingerprint density at radius 2 is 1.74 bits per heavy atom. The summed E-state index contributed by atoms with van der Waals surface area (Å²) in [6.07, 6.45) is 6.45. The maximum Gasteiger partial charge on any atom is 0.243 e. The summed E-state index contributed by atoms with van der Waals surface area (Å²) < 4.78 is 28.4. The lowest BCUT2D eigenvalue weighted by Crippen LogP contribution is -2.42. The van der Waals surface area contributed by atoms with Gasteiger partial charge in [0, 0.05) is 19.5 Å². The van der Waals surface area contributed by atoms with E-state index >= 15 is 0 Å². The van der Waals surface area contributed by atoms with Crippen LogP contribution >= 0.6 is 0 Å². The first-order valence-corrected chi connectivity index (χ1v) is 12.8. The zero-order valence-corrected chi connectivity index (χ0v) is 19.5. The fourth-order valence-corrected chi connectivity index (χ4v) is 5.78. The number of nitrogens with one attached hydrogen (secondary N) is 1. The van der Waals surface area contributed by atoms with Gasteiger partial charge >= 0.3 is 0 Å². The molecule has 1 heterocycles. The molecule has 0 fully saturated rings. The van der Waals surface area contributed by atoms with Gasteiger partial charge in [0.2, 0.25) is 15.9 Å². The van der Waals surface area contributed by atoms with E-state index < -0.39 is 16.1 Å². The van der Waals surface area contributed by atoms with E-state index in [2.05, 4.69) is 12.2 Å². The van der Waals surface area contributed by atoms with E-state index in [1.807, 2.05) is 43.3 Å². The van der Waals surface area contributed by atoms with Gasteiger partial charge in [-0.05, 0) is 43.0 Å². The number of unbranched alkanes of at least 4 members (excludes halogenated alkanes) is 4. The molecule has 0 aromatic heterocycles. The first kappa shape index (κ1) is 23.5. The van der Waals surface area contributed by atoms with Crippen molar-refractivity contribution < 1.29 is 13.2 Å². The molecule has 2 aromatic carbocycles. The van der Waals surface area contributed by atoms with Crippen molar-refractivity contribution >= 4 is 15.9 Å². The average molecular weight is 443 g/mol. The number of hydrogen-bond donors (Lipinski definition) is 1. The molecule has 1 unspecified atom stereocenters. The van der Waals surface area contributed by atoms with E-state index in [9.17, 15) is 13.2 Å². The molecule has 2 aromatic rings. The third-order valence-corrected chi connectivity index (χ3v) is 7.89. The molecule has 1 atom stereocenters. The van der Waals surface area contributed by atoms with Gasteiger partial charge in [-0.25, -0.2) is 8.42 Å². The highest BCUT2D eigenvalue weighted by atomic mass is 32.2. The second-order valence-electron chi connectivity index (χ2n) is 8.36. The lowest BCUT2D eigenvalue weighted by molar-refractivity contribution is -0.122. The monoisotopic (exact) mass is 442 g/mol. The molecule has 1 aliphatic heterocycles. The molecule has 0 saturated carbocycles. The zero-order chi connectivity index (χ0) is 22.3. The van der Waals surface area contributed by atoms with Crippen molar-refractivity contribution in [1.29, 1.82) is 0 Å². The minimum atomic E-state index is -3.70. The van der Waals surface area contributed by atoms with Crippen molar-refractivity contribution in [1.82, 2.24) is 9.62 Å². The molecule has 5 nitrogen and oxygen atoms in total. The summed E-state index contributed by atoms with van der Waals surface area (Å²) in [5.74, 6) is -0.0960. The molecule has 3 rings (SSSR count). The van der Waals surface area contributed by atoms with Gasteiger partial charge < -0.3 is 5.32 Å². The standard InChI is InChI=1S/C25H34N2O3S/c1-3-4-5-6-9-17-26-25(28)19-24-23-11-8-7-10-21(23)16-18-27(24)31(29,30)22-14-12-20(2)13-15-22/h7-8,10-15,24H,3-6,9,16-19H2,1-2H3,(H,26,28). The van der Waals surface area contributed by atoms with Gasteiger partial charge in [-0.2, -0.15) is 4.31 Å². The zero-order valence-electron chi connectivity index (χ0n) is 18.6. The molecule has 0 bridgehead atoms. The Balaban J connectivity index is 1.76. The molecule has 6 heteroatoms. The van der Waals surface area contributed by atoms with Crippen LogP contribution in [0, 0.1) is 6.92 Å². The van der Waals surface area contributed by atoms with Crippen LogP contribution in [0.2, 0.25) is 0 Å². The second-order valence-corrected chi connectivity index (χ2v) is 10.3. The number of carbonyl (C=O) groups is 1. The summed E-state index contributed by atoms with van der Waals surface area (Å²) in [7, 11) is -3.70. The smallest absolute Gasteiger partial charge is 0.243 e. The quantitative estimate of drug-likeness (QED) is 0.540. The summed E-state index contributed by atoms with van der Waals surface area (Å²) in [4.78, 5) is 13.0. The number of hydrogen-bond acceptors (Lipinski definition) is 3. The number of benzene rings is 2. The Hall–Kier alpha value is -2.18. The highest BCUT2D eigenvalue weighted by molar-refractivity contribution is 7.89. The molecule has 0 radical (unpaired) electrons. The number of rotatable bonds is 10. The lowest BCUT2D eigenvalue weighted by atomic mass is 9.92. The molecule has 1 aliphatic rings. The van der Waals surface area contributed by atoms with Crippen LogP contribution in [0.3, 0.4) is 0 Å². The van der Waals surface area contributed by atoms with Crippen molar-refractivity contribution in [3.63, 3.8) is 0 Å². The maximum atomic E-state index is 13.5. The third kappa shape index (κ3) is 5.95. The molecule has 168 valence electrons. The predicted molar refractivity (Wildman–Crippen MR) is 124 cm³/mol. The fourth-order valence-electron chi connectivity index (χ4n) is 4.18. The predicted octanol–water partition coefficient (Wildman–Crippen LogP) is 4.76. The van der Waals surface area contributed by atoms with Crippen molar-refractivity contribution in [2.45, 2.75) is 69.7 Å². The molecule has 0 saturated heterocycles. The number of carbonyl (C=O) groups excluding carboxylic acids is 1. The number of fused-ring (bicyclic) bond motifs is 1. The average Bonchev–Trinajstić information content (AvgIpc) is 2.76. The summed E-state index contributed by atoms with van der Waals surface area (Å²) in [5.41, 5.74) is 3.07. The van der Waals surface area contributed by atoms with Crippen LogP contribution in [-0.2, 0) is 21.2 Å². The molecular weight excluding hydrogens is 408 g/mol. The summed E-state index contributed by atoms with van der Waals surface area (Å²) >= 11 is 0. The maximum absolute atomic E-state index is 13.5. The lowest BCUT2D eigenvalue weighted by Gasteiger charge is -2.36. The molecule has 0 spiro atoms. The van der Waals surface area contributed by atoms with Crippen molar-refractivity contribution in [3.05, 3.63) is 65.2 Å². The van der Waals surface area contributed by atoms with E-state index in [4.69, 9.17) is 0 Å². The Morgan fingerprint density at radius 1 is 1.03 bits per heavy atom. The first-order valence-electron chi connectivity index (χ1n) is 11.4. The van der Waals surface area contributed by atoms with Gasteiger partial charge in [0.25, 0.3) is 0 Å². The van der Waals surface area contributed by atoms with Crippen molar-refractivity contribution in [2.24, 2.45) is 0 Å². The Bertz CT molecular complexity index is 971. The minimum absolute atomic E-state index is 0.0960. The Kier molecular flexibility index (Phi) is 8.27. The van der Waals surface area contributed by atoms with Crippen molar-refractivity contribution in [2.75, 3.05) is 13.1 Å². The van der Waals surface area contributed by atoms with E-state index in [-0.39, 0.29) is 17.2 Å². The minimum Gasteiger partial charge on any atom is -0.356 e. The summed E-state index contributed by atoms with van der Waals surface area (Å²) in [6, 6.07) is 14.3. The molecule has 1 amide bonds. The normalized spacial score (nSPS) is 16.6. The van der Waals surface area contributed by atoms with Gasteiger partial charge in [-0.15, -0.1) is 0 Å². The second kappa shape index (κ2) is 10.9. The number of amides is 1. The largest absolute Gasteiger partial charge is 0.356 e. The summed E-state index contributed by atoms with van der Waals surface area (Å²) in [5, 5.41) is 3.00. The van der Waals surface area contributed by atoms with Crippen LogP contribution in [0.1, 0.15) is 68.2 Å². The van der Waals surface area contributed by atoms with E-state index in [0.717, 1.165) is 29.5 Å². The van der Waals surface area contributed by atoms with Gasteiger partial charge in [-0.3, -0.25) is 4.79 Å². The molecule has 0 aliphatic carbocycles. The molecule has 1 N–H and O–H groups in total. The Morgan fingerprint density at radius 3 is 2.48 bits per heavy atom. The SMILES string of the molecule is CCCCCCCNC(=O)CC1c2ccccc2CCN1S(=O)(=O)c1ccc(C)cc1. The van der Waals surface area contributed by atoms with Crippen LogP contribution in [0.25, 0.3) is 0 Å². The van der Waals surface area contributed by atoms with Gasteiger partial charge in [-0.1, -0.05) is 74.6 Å². The van der Waals surface area contributed by atoms with Crippen LogP contribution in [0.5, 0.6) is 0 Å². The van der Waals surface area contributed by atoms with Gasteiger partial charge in [0.15, 0.2) is 0 Å². The van der Waals surface area contributed by atoms with Crippen molar-refractivity contribution in [3.8, 4) is 0 Å². The first-order chi connectivity index (χ1) is 14.9. The highest BCUT2D eigenvalue weighted by Gasteiger charge is 2.37. The van der Waals surface area contributed by atoms with E-state index in [1.54, 1.807) is 12.1 Å². The third-order valence-electron chi connectivity index (χ3n) is 5.97. The summed E-state index contributed by atoms with van der Waals surface area (Å²) in [6.45, 7) is 5.13. The van der Waals surface area contributed by atoms with Crippen LogP contribution in [0.15, 0.2) is 53.4 Å². The highest BCUT2D eigenvalue weighted by Crippen LogP contribution is 2.36. The van der Waals surface area contributed by atoms with Crippen LogP contribution < -0.4 is 5.32 Å².